The Labute approximate surface area is 129 Å². The standard InChI is InChI=1S/C13H15ClFNO6/c14-6-3-5(1-2-7(6)15)16-13(21)12-11(20)10(19)9(18)8(4-17)22-12/h1-3,8-12,17-20H,4H2,(H,16,21)/t8-,9+,10+,11-,12-/m1/s1. The van der Waals surface area contributed by atoms with Gasteiger partial charge in [0.15, 0.2) is 6.10 Å². The molecule has 0 radical (unpaired) electrons. The molecule has 0 aromatic heterocycles. The van der Waals surface area contributed by atoms with Crippen LogP contribution in [0, 0.1) is 5.82 Å². The van der Waals surface area contributed by atoms with E-state index in [1.165, 1.54) is 12.1 Å². The van der Waals surface area contributed by atoms with Gasteiger partial charge in [0.2, 0.25) is 0 Å². The number of amides is 1. The number of hydrogen-bond donors (Lipinski definition) is 5. The predicted molar refractivity (Wildman–Crippen MR) is 73.8 cm³/mol. The summed E-state index contributed by atoms with van der Waals surface area (Å²) in [4.78, 5) is 12.1. The Balaban J connectivity index is 2.12. The molecule has 1 amide bonds. The van der Waals surface area contributed by atoms with Crippen molar-refractivity contribution in [2.45, 2.75) is 30.5 Å². The summed E-state index contributed by atoms with van der Waals surface area (Å²) in [6.07, 6.45) is -7.60. The van der Waals surface area contributed by atoms with E-state index in [0.29, 0.717) is 0 Å². The van der Waals surface area contributed by atoms with E-state index < -0.39 is 48.9 Å². The lowest BCUT2D eigenvalue weighted by Crippen LogP contribution is -2.61. The largest absolute Gasteiger partial charge is 0.394 e. The fourth-order valence-corrected chi connectivity index (χ4v) is 2.29. The second-order valence-corrected chi connectivity index (χ2v) is 5.27. The van der Waals surface area contributed by atoms with Crippen LogP contribution in [0.15, 0.2) is 18.2 Å². The third kappa shape index (κ3) is 3.37. The predicted octanol–water partition coefficient (Wildman–Crippen LogP) is -0.740. The molecule has 5 atom stereocenters. The Morgan fingerprint density at radius 3 is 2.55 bits per heavy atom. The number of hydrogen-bond acceptors (Lipinski definition) is 6. The van der Waals surface area contributed by atoms with Crippen LogP contribution < -0.4 is 5.32 Å². The van der Waals surface area contributed by atoms with Crippen molar-refractivity contribution >= 4 is 23.2 Å². The number of nitrogens with one attached hydrogen (secondary N) is 1. The van der Waals surface area contributed by atoms with Crippen molar-refractivity contribution in [3.05, 3.63) is 29.0 Å². The van der Waals surface area contributed by atoms with Crippen molar-refractivity contribution in [3.8, 4) is 0 Å². The summed E-state index contributed by atoms with van der Waals surface area (Å²) in [6, 6.07) is 3.47. The second-order valence-electron chi connectivity index (χ2n) is 4.87. The van der Waals surface area contributed by atoms with E-state index in [1.807, 2.05) is 0 Å². The van der Waals surface area contributed by atoms with E-state index in [-0.39, 0.29) is 10.7 Å². The highest BCUT2D eigenvalue weighted by Gasteiger charge is 2.46. The number of rotatable bonds is 3. The average Bonchev–Trinajstić information content (AvgIpc) is 2.49. The first-order chi connectivity index (χ1) is 10.3. The summed E-state index contributed by atoms with van der Waals surface area (Å²) in [5.41, 5.74) is 0.161. The molecule has 0 unspecified atom stereocenters. The smallest absolute Gasteiger partial charge is 0.256 e. The Kier molecular flexibility index (Phi) is 5.32. The average molecular weight is 336 g/mol. The van der Waals surface area contributed by atoms with Gasteiger partial charge < -0.3 is 30.5 Å². The molecule has 22 heavy (non-hydrogen) atoms. The van der Waals surface area contributed by atoms with Gasteiger partial charge in [0.25, 0.3) is 5.91 Å². The highest BCUT2D eigenvalue weighted by molar-refractivity contribution is 6.31. The van der Waals surface area contributed by atoms with Gasteiger partial charge in [-0.25, -0.2) is 4.39 Å². The number of benzene rings is 1. The van der Waals surface area contributed by atoms with Crippen LogP contribution in [0.5, 0.6) is 0 Å². The van der Waals surface area contributed by atoms with Gasteiger partial charge >= 0.3 is 0 Å². The van der Waals surface area contributed by atoms with Crippen LogP contribution >= 0.6 is 11.6 Å². The molecule has 0 spiro atoms. The zero-order chi connectivity index (χ0) is 16.4. The van der Waals surface area contributed by atoms with Crippen molar-refractivity contribution in [2.75, 3.05) is 11.9 Å². The fraction of sp³-hybridized carbons (Fsp3) is 0.462. The number of aliphatic hydroxyl groups excluding tert-OH is 4. The van der Waals surface area contributed by atoms with Crippen molar-refractivity contribution in [1.82, 2.24) is 0 Å². The van der Waals surface area contributed by atoms with Crippen LogP contribution in [0.25, 0.3) is 0 Å². The first-order valence-corrected chi connectivity index (χ1v) is 6.79. The second kappa shape index (κ2) is 6.86. The summed E-state index contributed by atoms with van der Waals surface area (Å²) >= 11 is 5.59. The Morgan fingerprint density at radius 1 is 1.27 bits per heavy atom. The van der Waals surface area contributed by atoms with Crippen LogP contribution in [0.1, 0.15) is 0 Å². The van der Waals surface area contributed by atoms with Gasteiger partial charge in [0.05, 0.1) is 11.6 Å². The van der Waals surface area contributed by atoms with E-state index in [0.717, 1.165) is 6.07 Å². The number of halogens is 2. The van der Waals surface area contributed by atoms with Gasteiger partial charge in [0, 0.05) is 5.69 Å². The molecule has 1 fully saturated rings. The lowest BCUT2D eigenvalue weighted by Gasteiger charge is -2.39. The molecule has 1 aliphatic heterocycles. The van der Waals surface area contributed by atoms with Gasteiger partial charge in [0.1, 0.15) is 30.2 Å². The molecule has 1 saturated heterocycles. The number of anilines is 1. The molecule has 2 rings (SSSR count). The number of ether oxygens (including phenoxy) is 1. The van der Waals surface area contributed by atoms with Crippen LogP contribution in [0.4, 0.5) is 10.1 Å². The van der Waals surface area contributed by atoms with Crippen LogP contribution in [-0.2, 0) is 9.53 Å². The summed E-state index contributed by atoms with van der Waals surface area (Å²) in [6.45, 7) is -0.642. The Hall–Kier alpha value is -1.29. The van der Waals surface area contributed by atoms with Crippen LogP contribution in [-0.4, -0.2) is 63.5 Å². The highest BCUT2D eigenvalue weighted by atomic mass is 35.5. The number of carbonyl (C=O) groups is 1. The molecule has 5 N–H and O–H groups in total. The molecular weight excluding hydrogens is 321 g/mol. The van der Waals surface area contributed by atoms with Crippen LogP contribution in [0.3, 0.4) is 0 Å². The van der Waals surface area contributed by atoms with Crippen LogP contribution in [0.2, 0.25) is 5.02 Å². The molecule has 122 valence electrons. The summed E-state index contributed by atoms with van der Waals surface area (Å²) in [5, 5.41) is 40.2. The van der Waals surface area contributed by atoms with Gasteiger partial charge in [-0.1, -0.05) is 11.6 Å². The maximum atomic E-state index is 13.0. The SMILES string of the molecule is O=C(Nc1ccc(F)c(Cl)c1)[C@@H]1O[C@H](CO)[C@H](O)[C@H](O)[C@H]1O. The number of aliphatic hydroxyl groups is 4. The van der Waals surface area contributed by atoms with Crippen molar-refractivity contribution in [1.29, 1.82) is 0 Å². The highest BCUT2D eigenvalue weighted by Crippen LogP contribution is 2.24. The van der Waals surface area contributed by atoms with Crippen molar-refractivity contribution in [2.24, 2.45) is 0 Å². The minimum absolute atomic E-state index is 0.161. The monoisotopic (exact) mass is 335 g/mol. The first kappa shape index (κ1) is 17.1. The lowest BCUT2D eigenvalue weighted by atomic mass is 9.94. The van der Waals surface area contributed by atoms with Crippen molar-refractivity contribution < 1.29 is 34.3 Å². The maximum absolute atomic E-state index is 13.0. The molecular formula is C13H15ClFNO6. The summed E-state index contributed by atoms with van der Waals surface area (Å²) in [7, 11) is 0. The minimum Gasteiger partial charge on any atom is -0.394 e. The summed E-state index contributed by atoms with van der Waals surface area (Å²) < 4.78 is 18.1. The van der Waals surface area contributed by atoms with E-state index >= 15 is 0 Å². The van der Waals surface area contributed by atoms with Crippen molar-refractivity contribution in [3.63, 3.8) is 0 Å². The molecule has 1 aromatic carbocycles. The third-order valence-corrected chi connectivity index (χ3v) is 3.63. The van der Waals surface area contributed by atoms with E-state index in [4.69, 9.17) is 21.4 Å². The van der Waals surface area contributed by atoms with E-state index in [2.05, 4.69) is 5.32 Å². The molecule has 1 aliphatic rings. The number of carbonyl (C=O) groups excluding carboxylic acids is 1. The third-order valence-electron chi connectivity index (χ3n) is 3.34. The fourth-order valence-electron chi connectivity index (χ4n) is 2.11. The molecule has 1 heterocycles. The zero-order valence-corrected chi connectivity index (χ0v) is 11.9. The van der Waals surface area contributed by atoms with Gasteiger partial charge in [-0.15, -0.1) is 0 Å². The molecule has 0 aliphatic carbocycles. The molecule has 7 nitrogen and oxygen atoms in total. The lowest BCUT2D eigenvalue weighted by molar-refractivity contribution is -0.224. The van der Waals surface area contributed by atoms with Gasteiger partial charge in [-0.05, 0) is 18.2 Å². The topological polar surface area (TPSA) is 119 Å². The minimum atomic E-state index is -1.69. The van der Waals surface area contributed by atoms with Gasteiger partial charge in [-0.2, -0.15) is 0 Å². The Morgan fingerprint density at radius 2 is 1.95 bits per heavy atom. The molecule has 0 saturated carbocycles. The molecule has 0 bridgehead atoms. The summed E-state index contributed by atoms with van der Waals surface area (Å²) in [5.74, 6) is -1.49. The maximum Gasteiger partial charge on any atom is 0.256 e. The normalized spacial score (nSPS) is 31.8. The van der Waals surface area contributed by atoms with E-state index in [9.17, 15) is 24.5 Å². The molecule has 1 aromatic rings. The quantitative estimate of drug-likeness (QED) is 0.496. The molecule has 9 heteroatoms. The van der Waals surface area contributed by atoms with Gasteiger partial charge in [-0.3, -0.25) is 4.79 Å². The Bertz CT molecular complexity index is 557. The first-order valence-electron chi connectivity index (χ1n) is 6.41. The zero-order valence-electron chi connectivity index (χ0n) is 11.2. The van der Waals surface area contributed by atoms with E-state index in [1.54, 1.807) is 0 Å².